The Labute approximate surface area is 159 Å². The van der Waals surface area contributed by atoms with Crippen molar-refractivity contribution in [1.29, 1.82) is 0 Å². The van der Waals surface area contributed by atoms with E-state index in [2.05, 4.69) is 0 Å². The quantitative estimate of drug-likeness (QED) is 0.760. The number of hydrogen-bond donors (Lipinski definition) is 0. The third-order valence-electron chi connectivity index (χ3n) is 4.92. The van der Waals surface area contributed by atoms with Crippen molar-refractivity contribution < 1.29 is 23.9 Å². The van der Waals surface area contributed by atoms with Gasteiger partial charge in [0.1, 0.15) is 24.0 Å². The van der Waals surface area contributed by atoms with E-state index in [1.165, 1.54) is 9.80 Å². The van der Waals surface area contributed by atoms with E-state index in [9.17, 15) is 14.4 Å². The Balaban J connectivity index is 1.68. The molecule has 3 rings (SSSR count). The summed E-state index contributed by atoms with van der Waals surface area (Å²) in [6.07, 6.45) is 0.965. The van der Waals surface area contributed by atoms with E-state index in [1.54, 1.807) is 20.8 Å². The molecule has 7 heteroatoms. The lowest BCUT2D eigenvalue weighted by Crippen LogP contribution is -2.65. The van der Waals surface area contributed by atoms with Crippen molar-refractivity contribution in [2.24, 2.45) is 0 Å². The molecule has 7 nitrogen and oxygen atoms in total. The number of benzene rings is 1. The second-order valence-corrected chi connectivity index (χ2v) is 8.18. The topological polar surface area (TPSA) is 76.2 Å². The average molecular weight is 374 g/mol. The molecule has 2 amide bonds. The fraction of sp³-hybridized carbons (Fsp3) is 0.550. The van der Waals surface area contributed by atoms with Crippen molar-refractivity contribution >= 4 is 18.5 Å². The molecule has 2 atom stereocenters. The number of carbonyl (C=O) groups excluding carboxylic acids is 3. The molecular formula is C20H26N2O5. The molecule has 2 saturated heterocycles. The first kappa shape index (κ1) is 19.2. The van der Waals surface area contributed by atoms with E-state index in [0.29, 0.717) is 19.4 Å². The van der Waals surface area contributed by atoms with Gasteiger partial charge in [-0.15, -0.1) is 0 Å². The Morgan fingerprint density at radius 3 is 2.56 bits per heavy atom. The van der Waals surface area contributed by atoms with Gasteiger partial charge in [0.2, 0.25) is 0 Å². The van der Waals surface area contributed by atoms with Crippen LogP contribution in [0.4, 0.5) is 9.59 Å². The number of carbonyl (C=O) groups is 3. The molecule has 0 N–H and O–H groups in total. The van der Waals surface area contributed by atoms with Crippen molar-refractivity contribution in [2.75, 3.05) is 13.1 Å². The van der Waals surface area contributed by atoms with Crippen LogP contribution in [0.15, 0.2) is 30.3 Å². The average Bonchev–Trinajstić information content (AvgIpc) is 2.86. The molecule has 2 bridgehead atoms. The van der Waals surface area contributed by atoms with Gasteiger partial charge in [-0.3, -0.25) is 4.90 Å². The van der Waals surface area contributed by atoms with Gasteiger partial charge >= 0.3 is 12.2 Å². The van der Waals surface area contributed by atoms with E-state index in [-0.39, 0.29) is 19.2 Å². The Morgan fingerprint density at radius 1 is 1.22 bits per heavy atom. The van der Waals surface area contributed by atoms with Crippen molar-refractivity contribution in [1.82, 2.24) is 9.80 Å². The summed E-state index contributed by atoms with van der Waals surface area (Å²) in [6, 6.07) is 9.17. The van der Waals surface area contributed by atoms with Crippen molar-refractivity contribution in [3.05, 3.63) is 35.9 Å². The molecular weight excluding hydrogens is 348 g/mol. The second kappa shape index (κ2) is 7.21. The summed E-state index contributed by atoms with van der Waals surface area (Å²) in [7, 11) is 0. The third-order valence-corrected chi connectivity index (χ3v) is 4.92. The fourth-order valence-corrected chi connectivity index (χ4v) is 3.75. The van der Waals surface area contributed by atoms with Crippen LogP contribution in [0.5, 0.6) is 0 Å². The first-order valence-electron chi connectivity index (χ1n) is 9.18. The molecule has 27 heavy (non-hydrogen) atoms. The zero-order chi connectivity index (χ0) is 19.7. The summed E-state index contributed by atoms with van der Waals surface area (Å²) >= 11 is 0. The number of fused-ring (bicyclic) bond motifs is 2. The van der Waals surface area contributed by atoms with Crippen LogP contribution in [0.1, 0.15) is 39.2 Å². The predicted molar refractivity (Wildman–Crippen MR) is 98.1 cm³/mol. The van der Waals surface area contributed by atoms with Gasteiger partial charge in [0.15, 0.2) is 0 Å². The summed E-state index contributed by atoms with van der Waals surface area (Å²) in [5.74, 6) is 0. The van der Waals surface area contributed by atoms with Crippen LogP contribution in [0.25, 0.3) is 0 Å². The summed E-state index contributed by atoms with van der Waals surface area (Å²) in [6.45, 7) is 6.00. The first-order valence-corrected chi connectivity index (χ1v) is 9.18. The number of amides is 2. The SMILES string of the molecule is CC(C)(C)OC(=O)N1C2CCC1(C=O)CN(C(=O)OCc1ccccc1)C2. The highest BCUT2D eigenvalue weighted by molar-refractivity contribution is 5.80. The predicted octanol–water partition coefficient (Wildman–Crippen LogP) is 2.98. The zero-order valence-electron chi connectivity index (χ0n) is 16.0. The molecule has 0 aliphatic carbocycles. The van der Waals surface area contributed by atoms with Crippen molar-refractivity contribution in [3.63, 3.8) is 0 Å². The van der Waals surface area contributed by atoms with Gasteiger partial charge in [0, 0.05) is 6.54 Å². The minimum Gasteiger partial charge on any atom is -0.445 e. The Morgan fingerprint density at radius 2 is 1.93 bits per heavy atom. The normalized spacial score (nSPS) is 24.5. The summed E-state index contributed by atoms with van der Waals surface area (Å²) < 4.78 is 10.9. The molecule has 0 radical (unpaired) electrons. The Bertz CT molecular complexity index is 715. The van der Waals surface area contributed by atoms with Crippen LogP contribution >= 0.6 is 0 Å². The van der Waals surface area contributed by atoms with Gasteiger partial charge in [-0.05, 0) is 39.2 Å². The second-order valence-electron chi connectivity index (χ2n) is 8.18. The van der Waals surface area contributed by atoms with Gasteiger partial charge < -0.3 is 19.2 Å². The fourth-order valence-electron chi connectivity index (χ4n) is 3.75. The Kier molecular flexibility index (Phi) is 5.13. The van der Waals surface area contributed by atoms with Crippen molar-refractivity contribution in [3.8, 4) is 0 Å². The molecule has 2 heterocycles. The highest BCUT2D eigenvalue weighted by Gasteiger charge is 2.56. The summed E-state index contributed by atoms with van der Waals surface area (Å²) in [5.41, 5.74) is -0.796. The van der Waals surface area contributed by atoms with E-state index in [1.807, 2.05) is 30.3 Å². The number of piperazine rings is 1. The van der Waals surface area contributed by atoms with Crippen LogP contribution in [-0.2, 0) is 20.9 Å². The highest BCUT2D eigenvalue weighted by Crippen LogP contribution is 2.39. The smallest absolute Gasteiger partial charge is 0.411 e. The van der Waals surface area contributed by atoms with Crippen molar-refractivity contribution in [2.45, 2.75) is 57.4 Å². The van der Waals surface area contributed by atoms with Crippen LogP contribution in [0.2, 0.25) is 0 Å². The van der Waals surface area contributed by atoms with E-state index in [0.717, 1.165) is 11.8 Å². The monoisotopic (exact) mass is 374 g/mol. The lowest BCUT2D eigenvalue weighted by atomic mass is 9.97. The molecule has 146 valence electrons. The Hall–Kier alpha value is -2.57. The maximum Gasteiger partial charge on any atom is 0.411 e. The molecule has 2 unspecified atom stereocenters. The standard InChI is InChI=1S/C20H26N2O5/c1-19(2,3)27-18(25)22-16-9-10-20(22,14-23)13-21(11-16)17(24)26-12-15-7-5-4-6-8-15/h4-8,14,16H,9-13H2,1-3H3. The molecule has 1 aromatic rings. The van der Waals surface area contributed by atoms with Gasteiger partial charge in [-0.2, -0.15) is 0 Å². The largest absolute Gasteiger partial charge is 0.445 e. The molecule has 1 aromatic carbocycles. The molecule has 2 aliphatic heterocycles. The van der Waals surface area contributed by atoms with Gasteiger partial charge in [0.05, 0.1) is 12.6 Å². The van der Waals surface area contributed by atoms with E-state index < -0.39 is 23.3 Å². The maximum atomic E-state index is 12.6. The molecule has 0 aromatic heterocycles. The first-order chi connectivity index (χ1) is 12.7. The molecule has 0 spiro atoms. The van der Waals surface area contributed by atoms with Crippen LogP contribution < -0.4 is 0 Å². The van der Waals surface area contributed by atoms with E-state index in [4.69, 9.17) is 9.47 Å². The van der Waals surface area contributed by atoms with Gasteiger partial charge in [-0.25, -0.2) is 9.59 Å². The number of hydrogen-bond acceptors (Lipinski definition) is 5. The number of likely N-dealkylation sites (tertiary alicyclic amines) is 1. The van der Waals surface area contributed by atoms with E-state index >= 15 is 0 Å². The lowest BCUT2D eigenvalue weighted by molar-refractivity contribution is -0.121. The third kappa shape index (κ3) is 4.07. The van der Waals surface area contributed by atoms with Crippen LogP contribution in [0, 0.1) is 0 Å². The van der Waals surface area contributed by atoms with Gasteiger partial charge in [0.25, 0.3) is 0 Å². The highest BCUT2D eigenvalue weighted by atomic mass is 16.6. The summed E-state index contributed by atoms with van der Waals surface area (Å²) in [5, 5.41) is 0. The minimum absolute atomic E-state index is 0.125. The molecule has 0 saturated carbocycles. The van der Waals surface area contributed by atoms with Crippen LogP contribution in [-0.4, -0.2) is 58.5 Å². The minimum atomic E-state index is -1.04. The lowest BCUT2D eigenvalue weighted by Gasteiger charge is -2.45. The zero-order valence-corrected chi connectivity index (χ0v) is 16.0. The van der Waals surface area contributed by atoms with Crippen LogP contribution in [0.3, 0.4) is 0 Å². The molecule has 2 fully saturated rings. The number of ether oxygens (including phenoxy) is 2. The number of aldehydes is 1. The summed E-state index contributed by atoms with van der Waals surface area (Å²) in [4.78, 5) is 40.1. The number of rotatable bonds is 3. The van der Waals surface area contributed by atoms with Gasteiger partial charge in [-0.1, -0.05) is 30.3 Å². The maximum absolute atomic E-state index is 12.6. The molecule has 2 aliphatic rings. The number of nitrogens with zero attached hydrogens (tertiary/aromatic N) is 2.